The summed E-state index contributed by atoms with van der Waals surface area (Å²) in [5, 5.41) is 0.711. The Morgan fingerprint density at radius 2 is 1.52 bits per heavy atom. The van der Waals surface area contributed by atoms with E-state index in [2.05, 4.69) is 28.1 Å². The lowest BCUT2D eigenvalue weighted by Crippen LogP contribution is -1.97. The highest BCUT2D eigenvalue weighted by molar-refractivity contribution is 9.10. The molecule has 2 nitrogen and oxygen atoms in total. The zero-order chi connectivity index (χ0) is 17.8. The second-order valence-corrected chi connectivity index (χ2v) is 10.5. The molecule has 0 atom stereocenters. The molecule has 0 radical (unpaired) electrons. The third kappa shape index (κ3) is 3.32. The minimum Gasteiger partial charge on any atom is -0.224 e. The van der Waals surface area contributed by atoms with Gasteiger partial charge < -0.3 is 0 Å². The van der Waals surface area contributed by atoms with Gasteiger partial charge in [0.15, 0.2) is 9.84 Å². The van der Waals surface area contributed by atoms with Gasteiger partial charge in [-0.1, -0.05) is 29.8 Å². The van der Waals surface area contributed by atoms with Crippen molar-refractivity contribution in [2.24, 2.45) is 5.41 Å². The lowest BCUT2D eigenvalue weighted by Gasteiger charge is -2.10. The summed E-state index contributed by atoms with van der Waals surface area (Å²) in [5.74, 6) is 0. The maximum absolute atomic E-state index is 11.7. The van der Waals surface area contributed by atoms with E-state index in [1.165, 1.54) is 35.8 Å². The zero-order valence-corrected chi connectivity index (χ0v) is 17.0. The summed E-state index contributed by atoms with van der Waals surface area (Å²) < 4.78 is 24.3. The molecule has 2 aliphatic carbocycles. The van der Waals surface area contributed by atoms with E-state index in [4.69, 9.17) is 11.6 Å². The van der Waals surface area contributed by atoms with E-state index >= 15 is 0 Å². The topological polar surface area (TPSA) is 34.1 Å². The van der Waals surface area contributed by atoms with Gasteiger partial charge in [0.1, 0.15) is 0 Å². The van der Waals surface area contributed by atoms with Crippen molar-refractivity contribution < 1.29 is 8.42 Å². The van der Waals surface area contributed by atoms with Crippen molar-refractivity contribution in [2.75, 3.05) is 6.26 Å². The molecule has 1 saturated carbocycles. The molecule has 5 heteroatoms. The van der Waals surface area contributed by atoms with E-state index in [-0.39, 0.29) is 0 Å². The second kappa shape index (κ2) is 5.97. The van der Waals surface area contributed by atoms with Crippen LogP contribution in [0.15, 0.2) is 51.8 Å². The molecule has 1 spiro atoms. The number of sulfone groups is 1. The number of hydrogen-bond acceptors (Lipinski definition) is 2. The van der Waals surface area contributed by atoms with Crippen LogP contribution in [0.5, 0.6) is 0 Å². The van der Waals surface area contributed by atoms with Crippen molar-refractivity contribution in [1.29, 1.82) is 0 Å². The van der Waals surface area contributed by atoms with Crippen LogP contribution in [0, 0.1) is 5.41 Å². The van der Waals surface area contributed by atoms with Crippen LogP contribution in [0.4, 0.5) is 0 Å². The molecule has 130 valence electrons. The molecular weight excluding hydrogens is 420 g/mol. The zero-order valence-electron chi connectivity index (χ0n) is 13.9. The molecule has 0 N–H and O–H groups in total. The highest BCUT2D eigenvalue weighted by atomic mass is 79.9. The summed E-state index contributed by atoms with van der Waals surface area (Å²) in [6, 6.07) is 13.4. The van der Waals surface area contributed by atoms with Crippen molar-refractivity contribution in [3.8, 4) is 0 Å². The summed E-state index contributed by atoms with van der Waals surface area (Å²) in [6.07, 6.45) is 5.95. The molecule has 0 aromatic heterocycles. The SMILES string of the molecule is CS(=O)(=O)c1ccc(C2=C(c3ccc(Cl)c(Br)c3)CC3(CC3)C2)cc1. The molecule has 1 fully saturated rings. The first-order valence-electron chi connectivity index (χ1n) is 8.25. The smallest absolute Gasteiger partial charge is 0.175 e. The lowest BCUT2D eigenvalue weighted by molar-refractivity contribution is 0.568. The first kappa shape index (κ1) is 17.3. The minimum absolute atomic E-state index is 0.367. The first-order valence-corrected chi connectivity index (χ1v) is 11.3. The van der Waals surface area contributed by atoms with Crippen LogP contribution in [0.2, 0.25) is 5.02 Å². The Morgan fingerprint density at radius 1 is 0.960 bits per heavy atom. The predicted molar refractivity (Wildman–Crippen MR) is 106 cm³/mol. The van der Waals surface area contributed by atoms with Crippen molar-refractivity contribution in [3.05, 3.63) is 63.1 Å². The Kier molecular flexibility index (Phi) is 4.13. The van der Waals surface area contributed by atoms with Crippen LogP contribution in [0.25, 0.3) is 11.1 Å². The number of rotatable bonds is 3. The van der Waals surface area contributed by atoms with Gasteiger partial charge in [-0.2, -0.15) is 0 Å². The largest absolute Gasteiger partial charge is 0.224 e. The molecular formula is C20H18BrClO2S. The highest BCUT2D eigenvalue weighted by Crippen LogP contribution is 2.63. The van der Waals surface area contributed by atoms with Gasteiger partial charge in [-0.3, -0.25) is 0 Å². The van der Waals surface area contributed by atoms with E-state index in [9.17, 15) is 8.42 Å². The fourth-order valence-corrected chi connectivity index (χ4v) is 4.82. The molecule has 2 aromatic rings. The second-order valence-electron chi connectivity index (χ2n) is 7.24. The summed E-state index contributed by atoms with van der Waals surface area (Å²) in [4.78, 5) is 0.367. The fraction of sp³-hybridized carbons (Fsp3) is 0.300. The standard InChI is InChI=1S/C20H18BrClO2S/c1-25(23,24)15-5-2-13(3-6-15)16-11-20(8-9-20)12-17(16)14-4-7-19(22)18(21)10-14/h2-7,10H,8-9,11-12H2,1H3. The predicted octanol–water partition coefficient (Wildman–Crippen LogP) is 5.99. The van der Waals surface area contributed by atoms with E-state index < -0.39 is 9.84 Å². The average molecular weight is 438 g/mol. The summed E-state index contributed by atoms with van der Waals surface area (Å²) in [6.45, 7) is 0. The molecule has 0 amide bonds. The molecule has 25 heavy (non-hydrogen) atoms. The molecule has 0 unspecified atom stereocenters. The number of halogens is 2. The fourth-order valence-electron chi connectivity index (χ4n) is 3.70. The van der Waals surface area contributed by atoms with Crippen molar-refractivity contribution in [3.63, 3.8) is 0 Å². The molecule has 0 saturated heterocycles. The van der Waals surface area contributed by atoms with Crippen molar-refractivity contribution in [1.82, 2.24) is 0 Å². The van der Waals surface area contributed by atoms with Gasteiger partial charge in [0.05, 0.1) is 9.92 Å². The maximum Gasteiger partial charge on any atom is 0.175 e. The molecule has 0 aliphatic heterocycles. The van der Waals surface area contributed by atoms with E-state index in [1.54, 1.807) is 12.1 Å². The van der Waals surface area contributed by atoms with E-state index in [0.29, 0.717) is 15.3 Å². The Balaban J connectivity index is 1.79. The van der Waals surface area contributed by atoms with Crippen molar-refractivity contribution in [2.45, 2.75) is 30.6 Å². The van der Waals surface area contributed by atoms with Crippen LogP contribution in [0.1, 0.15) is 36.8 Å². The van der Waals surface area contributed by atoms with Gasteiger partial charge in [-0.15, -0.1) is 0 Å². The first-order chi connectivity index (χ1) is 11.8. The average Bonchev–Trinajstić information content (AvgIpc) is 3.20. The van der Waals surface area contributed by atoms with E-state index in [0.717, 1.165) is 22.9 Å². The summed E-state index contributed by atoms with van der Waals surface area (Å²) in [7, 11) is -3.17. The number of benzene rings is 2. The van der Waals surface area contributed by atoms with Gasteiger partial charge in [-0.05, 0) is 93.6 Å². The monoisotopic (exact) mass is 436 g/mol. The molecule has 0 heterocycles. The normalized spacial score (nSPS) is 18.8. The van der Waals surface area contributed by atoms with Gasteiger partial charge in [0, 0.05) is 10.7 Å². The Morgan fingerprint density at radius 3 is 2.04 bits per heavy atom. The summed E-state index contributed by atoms with van der Waals surface area (Å²) in [5.41, 5.74) is 5.44. The van der Waals surface area contributed by atoms with Gasteiger partial charge in [-0.25, -0.2) is 8.42 Å². The van der Waals surface area contributed by atoms with Crippen LogP contribution >= 0.6 is 27.5 Å². The Labute approximate surface area is 162 Å². The molecule has 0 bridgehead atoms. The number of hydrogen-bond donors (Lipinski definition) is 0. The van der Waals surface area contributed by atoms with Crippen LogP contribution in [-0.4, -0.2) is 14.7 Å². The van der Waals surface area contributed by atoms with Gasteiger partial charge in [0.25, 0.3) is 0 Å². The summed E-state index contributed by atoms with van der Waals surface area (Å²) >= 11 is 9.67. The third-order valence-electron chi connectivity index (χ3n) is 5.32. The van der Waals surface area contributed by atoms with Crippen molar-refractivity contribution >= 4 is 48.5 Å². The van der Waals surface area contributed by atoms with Crippen LogP contribution < -0.4 is 0 Å². The Hall–Kier alpha value is -1.10. The Bertz CT molecular complexity index is 987. The minimum atomic E-state index is -3.17. The highest BCUT2D eigenvalue weighted by Gasteiger charge is 2.48. The van der Waals surface area contributed by atoms with Crippen LogP contribution in [-0.2, 0) is 9.84 Å². The molecule has 4 rings (SSSR count). The quantitative estimate of drug-likeness (QED) is 0.591. The molecule has 2 aliphatic rings. The third-order valence-corrected chi connectivity index (χ3v) is 7.67. The van der Waals surface area contributed by atoms with E-state index in [1.807, 2.05) is 18.2 Å². The maximum atomic E-state index is 11.7. The van der Waals surface area contributed by atoms with Gasteiger partial charge in [0.2, 0.25) is 0 Å². The van der Waals surface area contributed by atoms with Gasteiger partial charge >= 0.3 is 0 Å². The number of allylic oxidation sites excluding steroid dienone is 2. The lowest BCUT2D eigenvalue weighted by atomic mass is 9.97. The van der Waals surface area contributed by atoms with Crippen LogP contribution in [0.3, 0.4) is 0 Å². The molecule has 2 aromatic carbocycles.